The first-order chi connectivity index (χ1) is 9.15. The maximum Gasteiger partial charge on any atom is 0.354 e. The van der Waals surface area contributed by atoms with Crippen molar-refractivity contribution in [1.29, 1.82) is 0 Å². The Balaban J connectivity index is 2.16. The van der Waals surface area contributed by atoms with Crippen LogP contribution in [0.3, 0.4) is 0 Å². The highest BCUT2D eigenvalue weighted by molar-refractivity contribution is 5.85. The molecule has 1 fully saturated rings. The van der Waals surface area contributed by atoms with Gasteiger partial charge < -0.3 is 5.11 Å². The van der Waals surface area contributed by atoms with E-state index in [2.05, 4.69) is 15.1 Å². The van der Waals surface area contributed by atoms with Gasteiger partial charge in [-0.25, -0.2) is 14.3 Å². The van der Waals surface area contributed by atoms with Gasteiger partial charge in [0.2, 0.25) is 0 Å². The minimum Gasteiger partial charge on any atom is -0.477 e. The first kappa shape index (κ1) is 12.1. The van der Waals surface area contributed by atoms with E-state index in [4.69, 9.17) is 5.11 Å². The Labute approximate surface area is 110 Å². The SMILES string of the molecule is Cc1nc2nc(C(=O)O)cc(C3CCCCC3)n2n1. The number of carboxylic acids is 1. The first-order valence-electron chi connectivity index (χ1n) is 6.63. The fraction of sp³-hybridized carbons (Fsp3) is 0.538. The number of nitrogens with zero attached hydrogens (tertiary/aromatic N) is 4. The molecule has 19 heavy (non-hydrogen) atoms. The lowest BCUT2D eigenvalue weighted by molar-refractivity contribution is 0.0690. The molecule has 0 radical (unpaired) electrons. The molecule has 0 atom stereocenters. The lowest BCUT2D eigenvalue weighted by Gasteiger charge is -2.22. The van der Waals surface area contributed by atoms with E-state index >= 15 is 0 Å². The van der Waals surface area contributed by atoms with Gasteiger partial charge in [-0.1, -0.05) is 19.3 Å². The maximum absolute atomic E-state index is 11.2. The van der Waals surface area contributed by atoms with Crippen molar-refractivity contribution in [2.75, 3.05) is 0 Å². The van der Waals surface area contributed by atoms with Crippen LogP contribution in [0.1, 0.15) is 60.0 Å². The summed E-state index contributed by atoms with van der Waals surface area (Å²) in [5.41, 5.74) is 0.989. The summed E-state index contributed by atoms with van der Waals surface area (Å²) in [5, 5.41) is 13.5. The molecule has 1 N–H and O–H groups in total. The summed E-state index contributed by atoms with van der Waals surface area (Å²) in [5.74, 6) is 0.351. The van der Waals surface area contributed by atoms with Crippen LogP contribution in [-0.4, -0.2) is 30.7 Å². The highest BCUT2D eigenvalue weighted by Gasteiger charge is 2.22. The Morgan fingerprint density at radius 2 is 2.05 bits per heavy atom. The van der Waals surface area contributed by atoms with Gasteiger partial charge in [0.15, 0.2) is 5.69 Å². The Bertz CT molecular complexity index is 629. The zero-order valence-electron chi connectivity index (χ0n) is 10.8. The second-order valence-electron chi connectivity index (χ2n) is 5.08. The quantitative estimate of drug-likeness (QED) is 0.895. The van der Waals surface area contributed by atoms with Crippen LogP contribution < -0.4 is 0 Å². The summed E-state index contributed by atoms with van der Waals surface area (Å²) < 4.78 is 1.71. The molecule has 2 heterocycles. The molecule has 3 rings (SSSR count). The maximum atomic E-state index is 11.2. The lowest BCUT2D eigenvalue weighted by Crippen LogP contribution is -2.13. The van der Waals surface area contributed by atoms with Crippen LogP contribution in [0.15, 0.2) is 6.07 Å². The predicted molar refractivity (Wildman–Crippen MR) is 68.3 cm³/mol. The Morgan fingerprint density at radius 1 is 1.32 bits per heavy atom. The van der Waals surface area contributed by atoms with Crippen molar-refractivity contribution in [3.63, 3.8) is 0 Å². The summed E-state index contributed by atoms with van der Waals surface area (Å²) in [7, 11) is 0. The third-order valence-corrected chi connectivity index (χ3v) is 3.69. The number of hydrogen-bond acceptors (Lipinski definition) is 4. The van der Waals surface area contributed by atoms with Crippen LogP contribution in [0.5, 0.6) is 0 Å². The molecule has 0 bridgehead atoms. The standard InChI is InChI=1S/C13H16N4O2/c1-8-14-13-15-10(12(18)19)7-11(17(13)16-8)9-5-3-2-4-6-9/h7,9H,2-6H2,1H3,(H,18,19). The number of hydrogen-bond donors (Lipinski definition) is 1. The first-order valence-corrected chi connectivity index (χ1v) is 6.63. The summed E-state index contributed by atoms with van der Waals surface area (Å²) in [6.45, 7) is 1.79. The molecule has 1 aliphatic rings. The normalized spacial score (nSPS) is 16.9. The minimum atomic E-state index is -1.01. The molecule has 2 aromatic heterocycles. The zero-order chi connectivity index (χ0) is 13.4. The van der Waals surface area contributed by atoms with Gasteiger partial charge >= 0.3 is 5.97 Å². The van der Waals surface area contributed by atoms with Crippen molar-refractivity contribution in [3.8, 4) is 0 Å². The van der Waals surface area contributed by atoms with Crippen LogP contribution in [0, 0.1) is 6.92 Å². The smallest absolute Gasteiger partial charge is 0.354 e. The number of aryl methyl sites for hydroxylation is 1. The molecule has 0 aliphatic heterocycles. The van der Waals surface area contributed by atoms with Crippen LogP contribution in [0.4, 0.5) is 0 Å². The molecular formula is C13H16N4O2. The minimum absolute atomic E-state index is 0.0560. The molecule has 100 valence electrons. The molecule has 0 amide bonds. The zero-order valence-corrected chi connectivity index (χ0v) is 10.8. The van der Waals surface area contributed by atoms with Gasteiger partial charge in [-0.15, -0.1) is 0 Å². The monoisotopic (exact) mass is 260 g/mol. The van der Waals surface area contributed by atoms with Crippen molar-refractivity contribution in [2.24, 2.45) is 0 Å². The number of rotatable bonds is 2. The Morgan fingerprint density at radius 3 is 2.74 bits per heavy atom. The summed E-state index contributed by atoms with van der Waals surface area (Å²) in [6.07, 6.45) is 5.79. The number of carbonyl (C=O) groups is 1. The van der Waals surface area contributed by atoms with Gasteiger partial charge in [-0.3, -0.25) is 0 Å². The average molecular weight is 260 g/mol. The van der Waals surface area contributed by atoms with Crippen LogP contribution in [0.2, 0.25) is 0 Å². The molecule has 1 saturated carbocycles. The fourth-order valence-corrected chi connectivity index (χ4v) is 2.79. The molecule has 1 aliphatic carbocycles. The van der Waals surface area contributed by atoms with Crippen molar-refractivity contribution in [2.45, 2.75) is 44.9 Å². The van der Waals surface area contributed by atoms with E-state index in [9.17, 15) is 4.79 Å². The van der Waals surface area contributed by atoms with Crippen molar-refractivity contribution < 1.29 is 9.90 Å². The van der Waals surface area contributed by atoms with E-state index < -0.39 is 5.97 Å². The van der Waals surface area contributed by atoms with Crippen molar-refractivity contribution in [1.82, 2.24) is 19.6 Å². The number of carboxylic acid groups (broad SMARTS) is 1. The van der Waals surface area contributed by atoms with E-state index in [0.717, 1.165) is 18.5 Å². The van der Waals surface area contributed by atoms with E-state index in [0.29, 0.717) is 17.5 Å². The molecule has 0 aromatic carbocycles. The number of fused-ring (bicyclic) bond motifs is 1. The molecular weight excluding hydrogens is 244 g/mol. The van der Waals surface area contributed by atoms with E-state index in [1.54, 1.807) is 17.5 Å². The molecule has 6 heteroatoms. The lowest BCUT2D eigenvalue weighted by atomic mass is 9.86. The molecule has 0 spiro atoms. The van der Waals surface area contributed by atoms with E-state index in [1.165, 1.54) is 19.3 Å². The summed E-state index contributed by atoms with van der Waals surface area (Å²) >= 11 is 0. The highest BCUT2D eigenvalue weighted by atomic mass is 16.4. The van der Waals surface area contributed by atoms with Gasteiger partial charge in [-0.2, -0.15) is 10.1 Å². The van der Waals surface area contributed by atoms with Crippen LogP contribution >= 0.6 is 0 Å². The van der Waals surface area contributed by atoms with Gasteiger partial charge in [0.1, 0.15) is 5.82 Å². The van der Waals surface area contributed by atoms with Gasteiger partial charge in [0.25, 0.3) is 5.78 Å². The van der Waals surface area contributed by atoms with E-state index in [-0.39, 0.29) is 5.69 Å². The molecule has 2 aromatic rings. The Kier molecular flexibility index (Phi) is 2.93. The van der Waals surface area contributed by atoms with Gasteiger partial charge in [-0.05, 0) is 25.8 Å². The van der Waals surface area contributed by atoms with Crippen LogP contribution in [0.25, 0.3) is 5.78 Å². The second kappa shape index (κ2) is 4.60. The topological polar surface area (TPSA) is 80.4 Å². The molecule has 0 unspecified atom stereocenters. The van der Waals surface area contributed by atoms with Gasteiger partial charge in [0, 0.05) is 5.92 Å². The fourth-order valence-electron chi connectivity index (χ4n) is 2.79. The van der Waals surface area contributed by atoms with E-state index in [1.807, 2.05) is 0 Å². The summed E-state index contributed by atoms with van der Waals surface area (Å²) in [6, 6.07) is 1.65. The van der Waals surface area contributed by atoms with Gasteiger partial charge in [0.05, 0.1) is 5.69 Å². The number of aromatic nitrogens is 4. The molecule has 6 nitrogen and oxygen atoms in total. The number of aromatic carboxylic acids is 1. The van der Waals surface area contributed by atoms with Crippen molar-refractivity contribution >= 4 is 11.7 Å². The van der Waals surface area contributed by atoms with Crippen molar-refractivity contribution in [3.05, 3.63) is 23.3 Å². The third-order valence-electron chi connectivity index (χ3n) is 3.69. The average Bonchev–Trinajstić information content (AvgIpc) is 2.78. The second-order valence-corrected chi connectivity index (χ2v) is 5.08. The predicted octanol–water partition coefficient (Wildman–Crippen LogP) is 2.18. The third kappa shape index (κ3) is 2.18. The molecule has 0 saturated heterocycles. The highest BCUT2D eigenvalue weighted by Crippen LogP contribution is 2.32. The Hall–Kier alpha value is -1.98. The van der Waals surface area contributed by atoms with Crippen LogP contribution in [-0.2, 0) is 0 Å². The summed E-state index contributed by atoms with van der Waals surface area (Å²) in [4.78, 5) is 19.4. The largest absolute Gasteiger partial charge is 0.477 e.